The topological polar surface area (TPSA) is 68.3 Å². The Hall–Kier alpha value is -2.12. The first-order valence-corrected chi connectivity index (χ1v) is 8.28. The Morgan fingerprint density at radius 3 is 2.80 bits per heavy atom. The molecule has 1 heterocycles. The van der Waals surface area contributed by atoms with E-state index in [1.807, 2.05) is 24.3 Å². The number of methoxy groups -OCH3 is 2. The molecule has 25 heavy (non-hydrogen) atoms. The Labute approximate surface area is 148 Å². The standard InChI is InChI=1S/C18H26N2O5/c1-19(17(21)10-14-6-4-5-7-16(14)24-3)11-15-12-25-9-8-20(15)18(22)13-23-2/h4-7,15H,8-13H2,1-3H3. The number of ether oxygens (including phenoxy) is 3. The summed E-state index contributed by atoms with van der Waals surface area (Å²) in [5.74, 6) is 0.581. The maximum Gasteiger partial charge on any atom is 0.249 e. The van der Waals surface area contributed by atoms with Gasteiger partial charge in [-0.2, -0.15) is 0 Å². The molecule has 1 aliphatic rings. The molecule has 1 unspecified atom stereocenters. The van der Waals surface area contributed by atoms with Crippen LogP contribution in [0.3, 0.4) is 0 Å². The van der Waals surface area contributed by atoms with Crippen LogP contribution in [-0.2, 0) is 25.5 Å². The van der Waals surface area contributed by atoms with Crippen molar-refractivity contribution < 1.29 is 23.8 Å². The van der Waals surface area contributed by atoms with Crippen molar-refractivity contribution in [2.75, 3.05) is 54.2 Å². The van der Waals surface area contributed by atoms with Crippen molar-refractivity contribution in [3.05, 3.63) is 29.8 Å². The Balaban J connectivity index is 1.98. The first-order chi connectivity index (χ1) is 12.1. The van der Waals surface area contributed by atoms with Crippen LogP contribution < -0.4 is 4.74 Å². The van der Waals surface area contributed by atoms with Gasteiger partial charge in [-0.25, -0.2) is 0 Å². The van der Waals surface area contributed by atoms with Gasteiger partial charge >= 0.3 is 0 Å². The predicted molar refractivity (Wildman–Crippen MR) is 92.5 cm³/mol. The van der Waals surface area contributed by atoms with Crippen molar-refractivity contribution in [2.45, 2.75) is 12.5 Å². The number of hydrogen-bond acceptors (Lipinski definition) is 5. The summed E-state index contributed by atoms with van der Waals surface area (Å²) in [6.45, 7) is 1.90. The summed E-state index contributed by atoms with van der Waals surface area (Å²) in [5, 5.41) is 0. The molecule has 2 amide bonds. The molecule has 1 aromatic rings. The van der Waals surface area contributed by atoms with Crippen LogP contribution in [-0.4, -0.2) is 81.8 Å². The minimum absolute atomic E-state index is 0.0331. The van der Waals surface area contributed by atoms with Crippen LogP contribution >= 0.6 is 0 Å². The van der Waals surface area contributed by atoms with Crippen LogP contribution in [0.25, 0.3) is 0 Å². The minimum Gasteiger partial charge on any atom is -0.496 e. The normalized spacial score (nSPS) is 17.2. The van der Waals surface area contributed by atoms with Gasteiger partial charge in [0.05, 0.1) is 32.8 Å². The molecular weight excluding hydrogens is 324 g/mol. The zero-order valence-electron chi connectivity index (χ0n) is 15.1. The number of benzene rings is 1. The summed E-state index contributed by atoms with van der Waals surface area (Å²) < 4.78 is 15.7. The molecule has 1 aliphatic heterocycles. The number of nitrogens with zero attached hydrogens (tertiary/aromatic N) is 2. The highest BCUT2D eigenvalue weighted by molar-refractivity contribution is 5.80. The summed E-state index contributed by atoms with van der Waals surface area (Å²) >= 11 is 0. The summed E-state index contributed by atoms with van der Waals surface area (Å²) in [7, 11) is 4.83. The lowest BCUT2D eigenvalue weighted by Gasteiger charge is -2.37. The molecule has 0 saturated carbocycles. The smallest absolute Gasteiger partial charge is 0.249 e. The molecule has 1 atom stereocenters. The average Bonchev–Trinajstić information content (AvgIpc) is 2.62. The molecular formula is C18H26N2O5. The highest BCUT2D eigenvalue weighted by Crippen LogP contribution is 2.18. The number of hydrogen-bond donors (Lipinski definition) is 0. The van der Waals surface area contributed by atoms with Crippen molar-refractivity contribution in [2.24, 2.45) is 0 Å². The Morgan fingerprint density at radius 1 is 1.32 bits per heavy atom. The number of morpholine rings is 1. The highest BCUT2D eigenvalue weighted by atomic mass is 16.5. The lowest BCUT2D eigenvalue weighted by Crippen LogP contribution is -2.54. The minimum atomic E-state index is -0.164. The van der Waals surface area contributed by atoms with Crippen molar-refractivity contribution in [3.8, 4) is 5.75 Å². The van der Waals surface area contributed by atoms with E-state index in [0.29, 0.717) is 32.1 Å². The van der Waals surface area contributed by atoms with E-state index in [9.17, 15) is 9.59 Å². The zero-order chi connectivity index (χ0) is 18.2. The van der Waals surface area contributed by atoms with Gasteiger partial charge in [0, 0.05) is 32.8 Å². The van der Waals surface area contributed by atoms with E-state index >= 15 is 0 Å². The second-order valence-corrected chi connectivity index (χ2v) is 6.01. The van der Waals surface area contributed by atoms with Crippen LogP contribution in [0.4, 0.5) is 0 Å². The SMILES string of the molecule is COCC(=O)N1CCOCC1CN(C)C(=O)Cc1ccccc1OC. The summed E-state index contributed by atoms with van der Waals surface area (Å²) in [5.41, 5.74) is 0.842. The molecule has 0 spiro atoms. The lowest BCUT2D eigenvalue weighted by atomic mass is 10.1. The first-order valence-electron chi connectivity index (χ1n) is 8.28. The fraction of sp³-hybridized carbons (Fsp3) is 0.556. The molecule has 1 saturated heterocycles. The van der Waals surface area contributed by atoms with Gasteiger partial charge in [-0.1, -0.05) is 18.2 Å². The number of carbonyl (C=O) groups is 2. The summed E-state index contributed by atoms with van der Waals surface area (Å²) in [6, 6.07) is 7.30. The van der Waals surface area contributed by atoms with Crippen LogP contribution in [0.1, 0.15) is 5.56 Å². The monoisotopic (exact) mass is 350 g/mol. The Kier molecular flexibility index (Phi) is 7.21. The van der Waals surface area contributed by atoms with Crippen LogP contribution in [0.5, 0.6) is 5.75 Å². The maximum atomic E-state index is 12.6. The van der Waals surface area contributed by atoms with E-state index < -0.39 is 0 Å². The van der Waals surface area contributed by atoms with E-state index in [1.165, 1.54) is 7.11 Å². The molecule has 0 aliphatic carbocycles. The van der Waals surface area contributed by atoms with Gasteiger partial charge in [-0.15, -0.1) is 0 Å². The molecule has 7 heteroatoms. The third-order valence-electron chi connectivity index (χ3n) is 4.26. The molecule has 0 N–H and O–H groups in total. The quantitative estimate of drug-likeness (QED) is 0.719. The number of carbonyl (C=O) groups excluding carboxylic acids is 2. The Morgan fingerprint density at radius 2 is 2.08 bits per heavy atom. The van der Waals surface area contributed by atoms with Crippen LogP contribution in [0, 0.1) is 0 Å². The van der Waals surface area contributed by atoms with Crippen molar-refractivity contribution in [1.29, 1.82) is 0 Å². The third-order valence-corrected chi connectivity index (χ3v) is 4.26. The predicted octanol–water partition coefficient (Wildman–Crippen LogP) is 0.570. The maximum absolute atomic E-state index is 12.6. The van der Waals surface area contributed by atoms with Gasteiger partial charge in [0.25, 0.3) is 0 Å². The van der Waals surface area contributed by atoms with E-state index in [1.54, 1.807) is 24.0 Å². The van der Waals surface area contributed by atoms with E-state index in [0.717, 1.165) is 5.56 Å². The second-order valence-electron chi connectivity index (χ2n) is 6.01. The van der Waals surface area contributed by atoms with Crippen LogP contribution in [0.2, 0.25) is 0 Å². The van der Waals surface area contributed by atoms with Gasteiger partial charge in [-0.3, -0.25) is 9.59 Å². The molecule has 0 bridgehead atoms. The fourth-order valence-corrected chi connectivity index (χ4v) is 2.91. The number of para-hydroxylation sites is 1. The molecule has 1 fully saturated rings. The van der Waals surface area contributed by atoms with Gasteiger partial charge in [0.2, 0.25) is 11.8 Å². The molecule has 138 valence electrons. The molecule has 1 aromatic carbocycles. The lowest BCUT2D eigenvalue weighted by molar-refractivity contribution is -0.146. The number of rotatable bonds is 7. The largest absolute Gasteiger partial charge is 0.496 e. The number of likely N-dealkylation sites (N-methyl/N-ethyl adjacent to an activating group) is 1. The second kappa shape index (κ2) is 9.39. The zero-order valence-corrected chi connectivity index (χ0v) is 15.1. The van der Waals surface area contributed by atoms with E-state index in [4.69, 9.17) is 14.2 Å². The van der Waals surface area contributed by atoms with Gasteiger partial charge < -0.3 is 24.0 Å². The van der Waals surface area contributed by atoms with E-state index in [-0.39, 0.29) is 30.9 Å². The van der Waals surface area contributed by atoms with E-state index in [2.05, 4.69) is 0 Å². The highest BCUT2D eigenvalue weighted by Gasteiger charge is 2.29. The third kappa shape index (κ3) is 5.17. The van der Waals surface area contributed by atoms with Crippen molar-refractivity contribution in [1.82, 2.24) is 9.80 Å². The summed E-state index contributed by atoms with van der Waals surface area (Å²) in [6.07, 6.45) is 0.250. The number of amides is 2. The first kappa shape index (κ1) is 19.2. The Bertz CT molecular complexity index is 593. The van der Waals surface area contributed by atoms with Gasteiger partial charge in [0.1, 0.15) is 12.4 Å². The molecule has 0 radical (unpaired) electrons. The van der Waals surface area contributed by atoms with Gasteiger partial charge in [-0.05, 0) is 6.07 Å². The average molecular weight is 350 g/mol. The van der Waals surface area contributed by atoms with Crippen molar-refractivity contribution >= 4 is 11.8 Å². The van der Waals surface area contributed by atoms with Crippen molar-refractivity contribution in [3.63, 3.8) is 0 Å². The molecule has 2 rings (SSSR count). The van der Waals surface area contributed by atoms with Gasteiger partial charge in [0.15, 0.2) is 0 Å². The molecule has 7 nitrogen and oxygen atoms in total. The molecule has 0 aromatic heterocycles. The fourth-order valence-electron chi connectivity index (χ4n) is 2.91. The van der Waals surface area contributed by atoms with Crippen LogP contribution in [0.15, 0.2) is 24.3 Å². The summed E-state index contributed by atoms with van der Waals surface area (Å²) in [4.78, 5) is 28.1.